The fourth-order valence-electron chi connectivity index (χ4n) is 0.910. The topological polar surface area (TPSA) is 56.0 Å². The average molecular weight is 208 g/mol. The van der Waals surface area contributed by atoms with E-state index in [-0.39, 0.29) is 5.12 Å². The lowest BCUT2D eigenvalue weighted by Crippen LogP contribution is -1.89. The second-order valence-electron chi connectivity index (χ2n) is 2.71. The number of thioether (sulfide) groups is 1. The fraction of sp³-hybridized carbons (Fsp3) is 0.200. The molecule has 1 aromatic rings. The molecule has 3 nitrogen and oxygen atoms in total. The van der Waals surface area contributed by atoms with Gasteiger partial charge in [-0.15, -0.1) is 0 Å². The molecule has 14 heavy (non-hydrogen) atoms. The number of pyridine rings is 1. The zero-order chi connectivity index (χ0) is 10.4. The van der Waals surface area contributed by atoms with E-state index < -0.39 is 0 Å². The number of carbonyl (C=O) groups is 1. The number of hydrogen-bond donors (Lipinski definition) is 1. The van der Waals surface area contributed by atoms with E-state index >= 15 is 0 Å². The molecule has 0 spiro atoms. The van der Waals surface area contributed by atoms with Crippen LogP contribution >= 0.6 is 11.8 Å². The second-order valence-corrected chi connectivity index (χ2v) is 3.91. The van der Waals surface area contributed by atoms with E-state index in [2.05, 4.69) is 4.98 Å². The molecule has 0 aromatic carbocycles. The normalized spacial score (nSPS) is 10.6. The lowest BCUT2D eigenvalue weighted by molar-refractivity contribution is -0.109. The minimum absolute atomic E-state index is 0.123. The van der Waals surface area contributed by atoms with Gasteiger partial charge in [-0.05, 0) is 6.07 Å². The van der Waals surface area contributed by atoms with Crippen LogP contribution in [-0.2, 0) is 4.79 Å². The Bertz CT molecular complexity index is 350. The Labute approximate surface area is 87.4 Å². The highest BCUT2D eigenvalue weighted by atomic mass is 32.2. The summed E-state index contributed by atoms with van der Waals surface area (Å²) in [5.74, 6) is 0.678. The average Bonchev–Trinajstić information content (AvgIpc) is 2.15. The van der Waals surface area contributed by atoms with Crippen LogP contribution in [0.2, 0.25) is 0 Å². The smallest absolute Gasteiger partial charge is 0.186 e. The molecule has 0 unspecified atom stereocenters. The summed E-state index contributed by atoms with van der Waals surface area (Å²) in [4.78, 5) is 14.5. The molecule has 0 saturated carbocycles. The van der Waals surface area contributed by atoms with Crippen LogP contribution in [0.1, 0.15) is 12.5 Å². The van der Waals surface area contributed by atoms with Crippen molar-refractivity contribution in [2.75, 3.05) is 11.5 Å². The quantitative estimate of drug-likeness (QED) is 0.825. The number of aromatic nitrogens is 1. The van der Waals surface area contributed by atoms with Crippen molar-refractivity contribution in [1.82, 2.24) is 4.98 Å². The maximum Gasteiger partial charge on any atom is 0.186 e. The van der Waals surface area contributed by atoms with Gasteiger partial charge in [-0.1, -0.05) is 23.9 Å². The number of anilines is 1. The van der Waals surface area contributed by atoms with E-state index in [1.807, 2.05) is 18.2 Å². The van der Waals surface area contributed by atoms with Gasteiger partial charge in [0.2, 0.25) is 0 Å². The molecule has 0 atom stereocenters. The van der Waals surface area contributed by atoms with Gasteiger partial charge in [0, 0.05) is 24.4 Å². The summed E-state index contributed by atoms with van der Waals surface area (Å²) in [6.07, 6.45) is 7.11. The van der Waals surface area contributed by atoms with E-state index in [0.717, 1.165) is 5.56 Å². The van der Waals surface area contributed by atoms with Crippen molar-refractivity contribution < 1.29 is 4.79 Å². The highest BCUT2D eigenvalue weighted by Crippen LogP contribution is 2.11. The summed E-state index contributed by atoms with van der Waals surface area (Å²) in [6.45, 7) is 1.55. The molecule has 4 heteroatoms. The predicted octanol–water partition coefficient (Wildman–Crippen LogP) is 1.96. The summed E-state index contributed by atoms with van der Waals surface area (Å²) in [5.41, 5.74) is 7.26. The van der Waals surface area contributed by atoms with Crippen molar-refractivity contribution in [3.8, 4) is 0 Å². The third kappa shape index (κ3) is 3.62. The lowest BCUT2D eigenvalue weighted by atomic mass is 10.2. The van der Waals surface area contributed by atoms with Crippen LogP contribution in [-0.4, -0.2) is 15.9 Å². The van der Waals surface area contributed by atoms with Crippen molar-refractivity contribution in [2.45, 2.75) is 6.92 Å². The first-order valence-corrected chi connectivity index (χ1v) is 5.18. The van der Waals surface area contributed by atoms with Gasteiger partial charge >= 0.3 is 0 Å². The maximum absolute atomic E-state index is 10.6. The molecule has 0 aliphatic heterocycles. The first-order chi connectivity index (χ1) is 6.70. The van der Waals surface area contributed by atoms with Gasteiger partial charge in [-0.3, -0.25) is 9.78 Å². The first-order valence-electron chi connectivity index (χ1n) is 4.19. The zero-order valence-electron chi connectivity index (χ0n) is 7.93. The summed E-state index contributed by atoms with van der Waals surface area (Å²) >= 11 is 1.27. The Balaban J connectivity index is 2.52. The number of nitrogens with zero attached hydrogens (tertiary/aromatic N) is 1. The van der Waals surface area contributed by atoms with Crippen molar-refractivity contribution in [3.63, 3.8) is 0 Å². The Morgan fingerprint density at radius 1 is 1.71 bits per heavy atom. The van der Waals surface area contributed by atoms with E-state index in [1.165, 1.54) is 11.8 Å². The van der Waals surface area contributed by atoms with Crippen LogP contribution in [0.5, 0.6) is 0 Å². The Kier molecular flexibility index (Phi) is 4.19. The Morgan fingerprint density at radius 3 is 3.14 bits per heavy atom. The highest BCUT2D eigenvalue weighted by molar-refractivity contribution is 8.13. The summed E-state index contributed by atoms with van der Waals surface area (Å²) < 4.78 is 0. The molecule has 2 N–H and O–H groups in total. The van der Waals surface area contributed by atoms with Crippen LogP contribution in [0.25, 0.3) is 6.08 Å². The standard InChI is InChI=1S/C10H12N2OS/c1-8(13)14-6-2-3-9-4-5-12-7-10(9)11/h2-5,7H,6,11H2,1H3. The largest absolute Gasteiger partial charge is 0.397 e. The molecule has 74 valence electrons. The number of nitrogen functional groups attached to an aromatic ring is 1. The molecule has 1 aromatic heterocycles. The molecule has 0 aliphatic rings. The van der Waals surface area contributed by atoms with Crippen LogP contribution < -0.4 is 5.73 Å². The van der Waals surface area contributed by atoms with Gasteiger partial charge in [0.05, 0.1) is 11.9 Å². The first kappa shape index (κ1) is 10.8. The third-order valence-electron chi connectivity index (χ3n) is 1.57. The van der Waals surface area contributed by atoms with Crippen molar-refractivity contribution in [2.24, 2.45) is 0 Å². The molecule has 1 rings (SSSR count). The summed E-state index contributed by atoms with van der Waals surface area (Å²) in [7, 11) is 0. The molecule has 0 fully saturated rings. The monoisotopic (exact) mass is 208 g/mol. The number of rotatable bonds is 3. The van der Waals surface area contributed by atoms with Gasteiger partial charge < -0.3 is 5.73 Å². The van der Waals surface area contributed by atoms with E-state index in [0.29, 0.717) is 11.4 Å². The molecular formula is C10H12N2OS. The fourth-order valence-corrected chi connectivity index (χ4v) is 1.34. The van der Waals surface area contributed by atoms with Gasteiger partial charge in [0.25, 0.3) is 0 Å². The second kappa shape index (κ2) is 5.44. The van der Waals surface area contributed by atoms with Gasteiger partial charge in [-0.2, -0.15) is 0 Å². The minimum atomic E-state index is 0.123. The third-order valence-corrected chi connectivity index (χ3v) is 2.33. The van der Waals surface area contributed by atoms with Crippen LogP contribution in [0.3, 0.4) is 0 Å². The molecule has 1 heterocycles. The Morgan fingerprint density at radius 2 is 2.50 bits per heavy atom. The van der Waals surface area contributed by atoms with Crippen LogP contribution in [0, 0.1) is 0 Å². The Hall–Kier alpha value is -1.29. The van der Waals surface area contributed by atoms with Crippen LogP contribution in [0.4, 0.5) is 5.69 Å². The van der Waals surface area contributed by atoms with Crippen molar-refractivity contribution in [3.05, 3.63) is 30.1 Å². The molecule has 0 saturated heterocycles. The molecule has 0 amide bonds. The maximum atomic E-state index is 10.6. The van der Waals surface area contributed by atoms with Gasteiger partial charge in [0.1, 0.15) is 0 Å². The molecule has 0 aliphatic carbocycles. The summed E-state index contributed by atoms with van der Waals surface area (Å²) in [5, 5.41) is 0.123. The zero-order valence-corrected chi connectivity index (χ0v) is 8.75. The van der Waals surface area contributed by atoms with Crippen LogP contribution in [0.15, 0.2) is 24.5 Å². The van der Waals surface area contributed by atoms with E-state index in [9.17, 15) is 4.79 Å². The molecule has 0 radical (unpaired) electrons. The van der Waals surface area contributed by atoms with Crippen molar-refractivity contribution in [1.29, 1.82) is 0 Å². The molecule has 0 bridgehead atoms. The van der Waals surface area contributed by atoms with Gasteiger partial charge in [-0.25, -0.2) is 0 Å². The van der Waals surface area contributed by atoms with E-state index in [4.69, 9.17) is 5.73 Å². The predicted molar refractivity (Wildman–Crippen MR) is 60.8 cm³/mol. The summed E-state index contributed by atoms with van der Waals surface area (Å²) in [6, 6.07) is 1.84. The highest BCUT2D eigenvalue weighted by Gasteiger charge is 1.93. The number of hydrogen-bond acceptors (Lipinski definition) is 4. The van der Waals surface area contributed by atoms with E-state index in [1.54, 1.807) is 19.3 Å². The lowest BCUT2D eigenvalue weighted by Gasteiger charge is -1.97. The number of carbonyl (C=O) groups excluding carboxylic acids is 1. The molecular weight excluding hydrogens is 196 g/mol. The minimum Gasteiger partial charge on any atom is -0.397 e. The van der Waals surface area contributed by atoms with Gasteiger partial charge in [0.15, 0.2) is 5.12 Å². The SMILES string of the molecule is CC(=O)SCC=Cc1ccncc1N. The number of nitrogens with two attached hydrogens (primary N) is 1. The van der Waals surface area contributed by atoms with Crippen molar-refractivity contribution >= 4 is 28.6 Å².